The third-order valence-electron chi connectivity index (χ3n) is 3.82. The number of amides is 2. The van der Waals surface area contributed by atoms with Gasteiger partial charge in [0.1, 0.15) is 0 Å². The van der Waals surface area contributed by atoms with Crippen molar-refractivity contribution in [2.45, 2.75) is 26.8 Å². The molecule has 0 aliphatic heterocycles. The van der Waals surface area contributed by atoms with E-state index >= 15 is 0 Å². The molecule has 1 atom stereocenters. The highest BCUT2D eigenvalue weighted by Gasteiger charge is 2.16. The zero-order valence-corrected chi connectivity index (χ0v) is 14.8. The van der Waals surface area contributed by atoms with Crippen molar-refractivity contribution in [1.29, 1.82) is 0 Å². The summed E-state index contributed by atoms with van der Waals surface area (Å²) in [5.74, 6) is -0.481. The van der Waals surface area contributed by atoms with Crippen molar-refractivity contribution in [3.63, 3.8) is 0 Å². The molecule has 0 spiro atoms. The Morgan fingerprint density at radius 3 is 2.52 bits per heavy atom. The summed E-state index contributed by atoms with van der Waals surface area (Å²) in [6.45, 7) is 7.24. The molecule has 6 nitrogen and oxygen atoms in total. The lowest BCUT2D eigenvalue weighted by molar-refractivity contribution is 0.0951. The predicted octanol–water partition coefficient (Wildman–Crippen LogP) is 2.37. The Kier molecular flexibility index (Phi) is 6.65. The molecule has 0 aliphatic rings. The van der Waals surface area contributed by atoms with Crippen LogP contribution in [0.3, 0.4) is 0 Å². The van der Waals surface area contributed by atoms with E-state index in [0.717, 1.165) is 12.1 Å². The fraction of sp³-hybridized carbons (Fsp3) is 0.316. The molecule has 3 N–H and O–H groups in total. The van der Waals surface area contributed by atoms with Gasteiger partial charge in [0.2, 0.25) is 0 Å². The second-order valence-electron chi connectivity index (χ2n) is 5.86. The Bertz CT molecular complexity index is 731. The number of carbonyl (C=O) groups is 2. The monoisotopic (exact) mass is 340 g/mol. The SMILES string of the molecule is CCN[C@H](C)CNC(=O)c1cccc(C)c1NC(=O)c1ccncc1. The number of hydrogen-bond donors (Lipinski definition) is 3. The molecule has 2 rings (SSSR count). The topological polar surface area (TPSA) is 83.1 Å². The molecule has 2 amide bonds. The Hall–Kier alpha value is -2.73. The number of hydrogen-bond acceptors (Lipinski definition) is 4. The first kappa shape index (κ1) is 18.6. The van der Waals surface area contributed by atoms with Gasteiger partial charge >= 0.3 is 0 Å². The van der Waals surface area contributed by atoms with E-state index in [4.69, 9.17) is 0 Å². The molecule has 0 unspecified atom stereocenters. The average Bonchev–Trinajstić information content (AvgIpc) is 2.62. The summed E-state index contributed by atoms with van der Waals surface area (Å²) in [7, 11) is 0. The minimum Gasteiger partial charge on any atom is -0.350 e. The number of nitrogens with zero attached hydrogens (tertiary/aromatic N) is 1. The van der Waals surface area contributed by atoms with Gasteiger partial charge in [0.05, 0.1) is 11.3 Å². The van der Waals surface area contributed by atoms with E-state index < -0.39 is 0 Å². The molecule has 0 saturated heterocycles. The van der Waals surface area contributed by atoms with Gasteiger partial charge in [0, 0.05) is 30.5 Å². The van der Waals surface area contributed by atoms with E-state index in [2.05, 4.69) is 20.9 Å². The first-order valence-corrected chi connectivity index (χ1v) is 8.35. The number of aromatic nitrogens is 1. The number of carbonyl (C=O) groups excluding carboxylic acids is 2. The molecule has 132 valence electrons. The van der Waals surface area contributed by atoms with Gasteiger partial charge in [-0.2, -0.15) is 0 Å². The lowest BCUT2D eigenvalue weighted by atomic mass is 10.1. The molecule has 25 heavy (non-hydrogen) atoms. The van der Waals surface area contributed by atoms with Crippen LogP contribution in [0.4, 0.5) is 5.69 Å². The van der Waals surface area contributed by atoms with Crippen molar-refractivity contribution in [3.8, 4) is 0 Å². The molecule has 0 saturated carbocycles. The van der Waals surface area contributed by atoms with Gasteiger partial charge in [-0.15, -0.1) is 0 Å². The van der Waals surface area contributed by atoms with Crippen molar-refractivity contribution in [2.24, 2.45) is 0 Å². The van der Waals surface area contributed by atoms with Gasteiger partial charge in [-0.05, 0) is 44.2 Å². The van der Waals surface area contributed by atoms with Crippen molar-refractivity contribution in [2.75, 3.05) is 18.4 Å². The molecule has 1 aromatic heterocycles. The Labute approximate surface area is 148 Å². The third-order valence-corrected chi connectivity index (χ3v) is 3.82. The number of aryl methyl sites for hydroxylation is 1. The number of nitrogens with one attached hydrogen (secondary N) is 3. The van der Waals surface area contributed by atoms with Gasteiger partial charge in [-0.3, -0.25) is 14.6 Å². The van der Waals surface area contributed by atoms with Gasteiger partial charge in [0.15, 0.2) is 0 Å². The Balaban J connectivity index is 2.16. The van der Waals surface area contributed by atoms with Crippen LogP contribution in [-0.4, -0.2) is 35.9 Å². The summed E-state index contributed by atoms with van der Waals surface area (Å²) < 4.78 is 0. The number of benzene rings is 1. The molecule has 0 bridgehead atoms. The molecular weight excluding hydrogens is 316 g/mol. The summed E-state index contributed by atoms with van der Waals surface area (Å²) in [6, 6.07) is 8.81. The highest BCUT2D eigenvalue weighted by molar-refractivity contribution is 6.09. The lowest BCUT2D eigenvalue weighted by Crippen LogP contribution is -2.39. The fourth-order valence-electron chi connectivity index (χ4n) is 2.47. The Morgan fingerprint density at radius 1 is 1.12 bits per heavy atom. The van der Waals surface area contributed by atoms with Crippen LogP contribution in [-0.2, 0) is 0 Å². The summed E-state index contributed by atoms with van der Waals surface area (Å²) in [5, 5.41) is 8.99. The second kappa shape index (κ2) is 8.94. The number of anilines is 1. The van der Waals surface area contributed by atoms with E-state index in [1.807, 2.05) is 26.8 Å². The maximum absolute atomic E-state index is 12.5. The van der Waals surface area contributed by atoms with Crippen molar-refractivity contribution in [1.82, 2.24) is 15.6 Å². The van der Waals surface area contributed by atoms with Gasteiger partial charge in [-0.1, -0.05) is 19.1 Å². The largest absolute Gasteiger partial charge is 0.350 e. The molecular formula is C19H24N4O2. The molecule has 0 aliphatic carbocycles. The van der Waals surface area contributed by atoms with Gasteiger partial charge < -0.3 is 16.0 Å². The number of rotatable bonds is 7. The quantitative estimate of drug-likeness (QED) is 0.723. The smallest absolute Gasteiger partial charge is 0.255 e. The van der Waals surface area contributed by atoms with Crippen LogP contribution in [0.15, 0.2) is 42.7 Å². The average molecular weight is 340 g/mol. The van der Waals surface area contributed by atoms with Crippen LogP contribution < -0.4 is 16.0 Å². The molecule has 1 aromatic carbocycles. The third kappa shape index (κ3) is 5.12. The standard InChI is InChI=1S/C19H24N4O2/c1-4-21-14(3)12-22-19(25)16-7-5-6-13(2)17(16)23-18(24)15-8-10-20-11-9-15/h5-11,14,21H,4,12H2,1-3H3,(H,22,25)(H,23,24)/t14-/m1/s1. The van der Waals surface area contributed by atoms with Crippen molar-refractivity contribution < 1.29 is 9.59 Å². The van der Waals surface area contributed by atoms with E-state index in [0.29, 0.717) is 23.4 Å². The molecule has 6 heteroatoms. The number of para-hydroxylation sites is 1. The highest BCUT2D eigenvalue weighted by Crippen LogP contribution is 2.21. The van der Waals surface area contributed by atoms with E-state index in [-0.39, 0.29) is 17.9 Å². The zero-order chi connectivity index (χ0) is 18.2. The highest BCUT2D eigenvalue weighted by atomic mass is 16.2. The normalized spacial score (nSPS) is 11.6. The van der Waals surface area contributed by atoms with E-state index in [1.165, 1.54) is 0 Å². The maximum atomic E-state index is 12.5. The molecule has 1 heterocycles. The summed E-state index contributed by atoms with van der Waals surface area (Å²) >= 11 is 0. The van der Waals surface area contributed by atoms with Crippen LogP contribution in [0.25, 0.3) is 0 Å². The molecule has 0 radical (unpaired) electrons. The van der Waals surface area contributed by atoms with Crippen LogP contribution >= 0.6 is 0 Å². The second-order valence-corrected chi connectivity index (χ2v) is 5.86. The number of pyridine rings is 1. The molecule has 0 fully saturated rings. The summed E-state index contributed by atoms with van der Waals surface area (Å²) in [6.07, 6.45) is 3.12. The van der Waals surface area contributed by atoms with E-state index in [9.17, 15) is 9.59 Å². The van der Waals surface area contributed by atoms with Crippen LogP contribution in [0.1, 0.15) is 40.1 Å². The minimum absolute atomic E-state index is 0.175. The van der Waals surface area contributed by atoms with Gasteiger partial charge in [0.25, 0.3) is 11.8 Å². The van der Waals surface area contributed by atoms with Gasteiger partial charge in [-0.25, -0.2) is 0 Å². The summed E-state index contributed by atoms with van der Waals surface area (Å²) in [4.78, 5) is 28.9. The van der Waals surface area contributed by atoms with Crippen LogP contribution in [0.2, 0.25) is 0 Å². The number of likely N-dealkylation sites (N-methyl/N-ethyl adjacent to an activating group) is 1. The van der Waals surface area contributed by atoms with Crippen LogP contribution in [0.5, 0.6) is 0 Å². The minimum atomic E-state index is -0.272. The maximum Gasteiger partial charge on any atom is 0.255 e. The first-order valence-electron chi connectivity index (χ1n) is 8.35. The van der Waals surface area contributed by atoms with Crippen molar-refractivity contribution in [3.05, 3.63) is 59.4 Å². The summed E-state index contributed by atoms with van der Waals surface area (Å²) in [5.41, 5.74) is 2.30. The fourth-order valence-corrected chi connectivity index (χ4v) is 2.47. The molecule has 2 aromatic rings. The van der Waals surface area contributed by atoms with Crippen LogP contribution in [0, 0.1) is 6.92 Å². The van der Waals surface area contributed by atoms with Crippen molar-refractivity contribution >= 4 is 17.5 Å². The lowest BCUT2D eigenvalue weighted by Gasteiger charge is -2.16. The Morgan fingerprint density at radius 2 is 1.84 bits per heavy atom. The zero-order valence-electron chi connectivity index (χ0n) is 14.8. The van der Waals surface area contributed by atoms with E-state index in [1.54, 1.807) is 36.7 Å². The predicted molar refractivity (Wildman–Crippen MR) is 98.8 cm³/mol. The first-order chi connectivity index (χ1) is 12.0.